The third kappa shape index (κ3) is 4.53. The summed E-state index contributed by atoms with van der Waals surface area (Å²) < 4.78 is 0. The first-order valence-electron chi connectivity index (χ1n) is 7.03. The second kappa shape index (κ2) is 7.33. The second-order valence-electron chi connectivity index (χ2n) is 4.83. The van der Waals surface area contributed by atoms with Gasteiger partial charge in [-0.15, -0.1) is 10.2 Å². The number of hydrogen-bond acceptors (Lipinski definition) is 3. The van der Waals surface area contributed by atoms with Gasteiger partial charge in [-0.2, -0.15) is 5.10 Å². The lowest BCUT2D eigenvalue weighted by molar-refractivity contribution is 0.894. The number of hydrazone groups is 1. The van der Waals surface area contributed by atoms with Crippen molar-refractivity contribution in [2.24, 2.45) is 15.3 Å². The van der Waals surface area contributed by atoms with Crippen LogP contribution in [0, 0.1) is 13.8 Å². The first-order valence-corrected chi connectivity index (χ1v) is 7.03. The maximum absolute atomic E-state index is 4.32. The Morgan fingerprint density at radius 3 is 2.05 bits per heavy atom. The van der Waals surface area contributed by atoms with Crippen LogP contribution in [0.3, 0.4) is 0 Å². The highest BCUT2D eigenvalue weighted by Crippen LogP contribution is 2.15. The molecule has 0 unspecified atom stereocenters. The average Bonchev–Trinajstić information content (AvgIpc) is 2.50. The zero-order valence-corrected chi connectivity index (χ0v) is 12.7. The van der Waals surface area contributed by atoms with E-state index < -0.39 is 0 Å². The highest BCUT2D eigenvalue weighted by atomic mass is 15.5. The summed E-state index contributed by atoms with van der Waals surface area (Å²) in [4.78, 5) is 0. The van der Waals surface area contributed by atoms with Crippen molar-refractivity contribution in [3.8, 4) is 0 Å². The maximum Gasteiger partial charge on any atom is 0.158 e. The average molecular weight is 280 g/mol. The van der Waals surface area contributed by atoms with E-state index in [1.54, 1.807) is 0 Å². The minimum Gasteiger partial charge on any atom is -0.264 e. The predicted octanol–water partition coefficient (Wildman–Crippen LogP) is 4.86. The van der Waals surface area contributed by atoms with Gasteiger partial charge in [-0.05, 0) is 45.0 Å². The Bertz CT molecular complexity index is 612. The minimum absolute atomic E-state index is 0.777. The molecule has 0 atom stereocenters. The summed E-state index contributed by atoms with van der Waals surface area (Å²) >= 11 is 0. The second-order valence-corrected chi connectivity index (χ2v) is 4.83. The van der Waals surface area contributed by atoms with Gasteiger partial charge in [0.05, 0.1) is 11.4 Å². The molecule has 4 heteroatoms. The molecule has 0 heterocycles. The van der Waals surface area contributed by atoms with Gasteiger partial charge in [0, 0.05) is 6.54 Å². The van der Waals surface area contributed by atoms with E-state index in [0.717, 1.165) is 17.9 Å². The lowest BCUT2D eigenvalue weighted by Crippen LogP contribution is -2.14. The zero-order valence-electron chi connectivity index (χ0n) is 12.7. The van der Waals surface area contributed by atoms with Gasteiger partial charge >= 0.3 is 0 Å². The van der Waals surface area contributed by atoms with Crippen molar-refractivity contribution in [1.82, 2.24) is 0 Å². The van der Waals surface area contributed by atoms with Crippen LogP contribution in [0.1, 0.15) is 18.1 Å². The number of rotatable bonds is 5. The van der Waals surface area contributed by atoms with E-state index in [1.165, 1.54) is 17.5 Å². The normalized spacial score (nSPS) is 11.4. The van der Waals surface area contributed by atoms with Crippen LogP contribution >= 0.6 is 0 Å². The number of aryl methyl sites for hydroxylation is 2. The van der Waals surface area contributed by atoms with Gasteiger partial charge in [0.25, 0.3) is 0 Å². The Labute approximate surface area is 125 Å². The van der Waals surface area contributed by atoms with Crippen LogP contribution in [0.2, 0.25) is 0 Å². The fraction of sp³-hybridized carbons (Fsp3) is 0.235. The maximum atomic E-state index is 4.32. The van der Waals surface area contributed by atoms with Gasteiger partial charge in [0.15, 0.2) is 6.34 Å². The standard InChI is InChI=1S/C17H20N4/c1-4-21(17-11-7-15(3)8-12-17)19-13-18-20-16-9-5-14(2)6-10-16/h5-13H,4H2,1-3H3. The summed E-state index contributed by atoms with van der Waals surface area (Å²) in [6, 6.07) is 16.1. The summed E-state index contributed by atoms with van der Waals surface area (Å²) in [6.45, 7) is 6.94. The molecule has 0 fully saturated rings. The van der Waals surface area contributed by atoms with Crippen LogP contribution in [0.15, 0.2) is 63.9 Å². The topological polar surface area (TPSA) is 40.3 Å². The number of anilines is 1. The van der Waals surface area contributed by atoms with E-state index in [2.05, 4.69) is 34.4 Å². The molecule has 0 aliphatic carbocycles. The summed E-state index contributed by atoms with van der Waals surface area (Å²) in [5, 5.41) is 14.3. The monoisotopic (exact) mass is 280 g/mol. The fourth-order valence-electron chi connectivity index (χ4n) is 1.84. The Hall–Kier alpha value is -2.49. The SMILES string of the molecule is CCN(N=CN=Nc1ccc(C)cc1)c1ccc(C)cc1. The van der Waals surface area contributed by atoms with Crippen molar-refractivity contribution in [3.05, 3.63) is 59.7 Å². The van der Waals surface area contributed by atoms with Crippen molar-refractivity contribution in [2.45, 2.75) is 20.8 Å². The molecule has 0 saturated carbocycles. The van der Waals surface area contributed by atoms with Gasteiger partial charge in [-0.1, -0.05) is 35.4 Å². The molecule has 4 nitrogen and oxygen atoms in total. The third-order valence-electron chi connectivity index (χ3n) is 3.08. The molecule has 2 aromatic rings. The van der Waals surface area contributed by atoms with Gasteiger partial charge in [-0.25, -0.2) is 0 Å². The molecule has 0 bridgehead atoms. The Kier molecular flexibility index (Phi) is 5.21. The van der Waals surface area contributed by atoms with Gasteiger partial charge in [-0.3, -0.25) is 5.01 Å². The summed E-state index contributed by atoms with van der Waals surface area (Å²) in [7, 11) is 0. The van der Waals surface area contributed by atoms with Crippen molar-refractivity contribution >= 4 is 17.7 Å². The molecule has 0 aromatic heterocycles. The zero-order chi connectivity index (χ0) is 15.1. The summed E-state index contributed by atoms with van der Waals surface area (Å²) in [5.41, 5.74) is 4.31. The van der Waals surface area contributed by atoms with Crippen molar-refractivity contribution in [1.29, 1.82) is 0 Å². The van der Waals surface area contributed by atoms with Crippen LogP contribution in [0.4, 0.5) is 11.4 Å². The summed E-state index contributed by atoms with van der Waals surface area (Å²) in [5.74, 6) is 0. The molecule has 2 rings (SSSR count). The fourth-order valence-corrected chi connectivity index (χ4v) is 1.84. The number of nitrogens with zero attached hydrogens (tertiary/aromatic N) is 4. The molecule has 0 aliphatic heterocycles. The predicted molar refractivity (Wildman–Crippen MR) is 88.4 cm³/mol. The van der Waals surface area contributed by atoms with E-state index in [9.17, 15) is 0 Å². The molecule has 0 spiro atoms. The van der Waals surface area contributed by atoms with E-state index in [-0.39, 0.29) is 0 Å². The molecule has 108 valence electrons. The van der Waals surface area contributed by atoms with Crippen LogP contribution in [-0.4, -0.2) is 12.9 Å². The first-order chi connectivity index (χ1) is 10.2. The molecular weight excluding hydrogens is 260 g/mol. The molecule has 0 radical (unpaired) electrons. The number of azo groups is 1. The Morgan fingerprint density at radius 1 is 0.905 bits per heavy atom. The van der Waals surface area contributed by atoms with Crippen molar-refractivity contribution < 1.29 is 0 Å². The molecule has 0 amide bonds. The van der Waals surface area contributed by atoms with Crippen molar-refractivity contribution in [2.75, 3.05) is 11.6 Å². The highest BCUT2D eigenvalue weighted by molar-refractivity contribution is 5.59. The number of hydrogen-bond donors (Lipinski definition) is 0. The molecule has 0 N–H and O–H groups in total. The van der Waals surface area contributed by atoms with Crippen LogP contribution < -0.4 is 5.01 Å². The van der Waals surface area contributed by atoms with Gasteiger partial charge < -0.3 is 0 Å². The first kappa shape index (κ1) is 14.9. The van der Waals surface area contributed by atoms with Crippen LogP contribution in [0.25, 0.3) is 0 Å². The molecule has 2 aromatic carbocycles. The third-order valence-corrected chi connectivity index (χ3v) is 3.08. The molecule has 21 heavy (non-hydrogen) atoms. The van der Waals surface area contributed by atoms with E-state index in [0.29, 0.717) is 0 Å². The quantitative estimate of drug-likeness (QED) is 0.334. The van der Waals surface area contributed by atoms with E-state index >= 15 is 0 Å². The van der Waals surface area contributed by atoms with E-state index in [4.69, 9.17) is 0 Å². The van der Waals surface area contributed by atoms with Gasteiger partial charge in [0.2, 0.25) is 0 Å². The largest absolute Gasteiger partial charge is 0.264 e. The Balaban J connectivity index is 2.01. The lowest BCUT2D eigenvalue weighted by Gasteiger charge is -2.15. The van der Waals surface area contributed by atoms with Crippen LogP contribution in [0.5, 0.6) is 0 Å². The highest BCUT2D eigenvalue weighted by Gasteiger charge is 2.00. The molecule has 0 aliphatic rings. The minimum atomic E-state index is 0.777. The smallest absolute Gasteiger partial charge is 0.158 e. The Morgan fingerprint density at radius 2 is 1.48 bits per heavy atom. The number of benzene rings is 2. The van der Waals surface area contributed by atoms with Gasteiger partial charge in [0.1, 0.15) is 0 Å². The lowest BCUT2D eigenvalue weighted by atomic mass is 10.2. The van der Waals surface area contributed by atoms with Crippen LogP contribution in [-0.2, 0) is 0 Å². The molecule has 0 saturated heterocycles. The molecular formula is C17H20N4. The summed E-state index contributed by atoms with van der Waals surface area (Å²) in [6.07, 6.45) is 1.48. The van der Waals surface area contributed by atoms with Crippen molar-refractivity contribution in [3.63, 3.8) is 0 Å². The van der Waals surface area contributed by atoms with E-state index in [1.807, 2.05) is 55.3 Å².